The van der Waals surface area contributed by atoms with Gasteiger partial charge >= 0.3 is 6.03 Å². The van der Waals surface area contributed by atoms with Crippen LogP contribution in [0.15, 0.2) is 36.9 Å². The van der Waals surface area contributed by atoms with Crippen molar-refractivity contribution in [2.24, 2.45) is 5.92 Å². The highest BCUT2D eigenvalue weighted by Crippen LogP contribution is 2.23. The molecule has 3 N–H and O–H groups in total. The number of carbonyl (C=O) groups is 1. The quantitative estimate of drug-likeness (QED) is 0.776. The van der Waals surface area contributed by atoms with E-state index in [0.717, 1.165) is 36.9 Å². The summed E-state index contributed by atoms with van der Waals surface area (Å²) in [5.41, 5.74) is 1.96. The molecule has 25 heavy (non-hydrogen) atoms. The third-order valence-electron chi connectivity index (χ3n) is 4.86. The zero-order chi connectivity index (χ0) is 17.6. The van der Waals surface area contributed by atoms with Crippen molar-refractivity contribution in [3.8, 4) is 5.69 Å². The smallest absolute Gasteiger partial charge is 0.315 e. The van der Waals surface area contributed by atoms with Gasteiger partial charge in [-0.2, -0.15) is 5.10 Å². The number of hydrogen-bond donors (Lipinski definition) is 3. The second-order valence-corrected chi connectivity index (χ2v) is 6.67. The molecule has 1 aromatic carbocycles. The van der Waals surface area contributed by atoms with E-state index in [0.29, 0.717) is 5.92 Å². The number of hydrogen-bond acceptors (Lipinski definition) is 4. The van der Waals surface area contributed by atoms with E-state index in [-0.39, 0.29) is 24.7 Å². The van der Waals surface area contributed by atoms with E-state index >= 15 is 0 Å². The van der Waals surface area contributed by atoms with Gasteiger partial charge in [0.1, 0.15) is 12.7 Å². The predicted octanol–water partition coefficient (Wildman–Crippen LogP) is 2.18. The summed E-state index contributed by atoms with van der Waals surface area (Å²) in [6, 6.07) is 7.85. The van der Waals surface area contributed by atoms with Crippen LogP contribution in [-0.4, -0.2) is 38.6 Å². The normalized spacial score (nSPS) is 21.5. The number of carbonyl (C=O) groups excluding carboxylic acids is 1. The lowest BCUT2D eigenvalue weighted by Crippen LogP contribution is -2.44. The first-order chi connectivity index (χ1) is 12.2. The van der Waals surface area contributed by atoms with Gasteiger partial charge in [-0.25, -0.2) is 14.5 Å². The van der Waals surface area contributed by atoms with E-state index in [1.54, 1.807) is 11.0 Å². The SMILES string of the molecule is CC(NC(=O)NC1CCC(CO)CC1)c1ccc(-n2cncn2)cc1. The van der Waals surface area contributed by atoms with E-state index < -0.39 is 0 Å². The Labute approximate surface area is 147 Å². The van der Waals surface area contributed by atoms with Crippen molar-refractivity contribution in [1.29, 1.82) is 0 Å². The highest BCUT2D eigenvalue weighted by Gasteiger charge is 2.22. The van der Waals surface area contributed by atoms with Gasteiger partial charge in [0.2, 0.25) is 0 Å². The topological polar surface area (TPSA) is 92.1 Å². The summed E-state index contributed by atoms with van der Waals surface area (Å²) in [4.78, 5) is 16.1. The summed E-state index contributed by atoms with van der Waals surface area (Å²) in [7, 11) is 0. The summed E-state index contributed by atoms with van der Waals surface area (Å²) >= 11 is 0. The monoisotopic (exact) mass is 343 g/mol. The van der Waals surface area contributed by atoms with Crippen molar-refractivity contribution in [2.45, 2.75) is 44.7 Å². The fourth-order valence-corrected chi connectivity index (χ4v) is 3.25. The van der Waals surface area contributed by atoms with Gasteiger partial charge in [0.15, 0.2) is 0 Å². The summed E-state index contributed by atoms with van der Waals surface area (Å²) in [6.45, 7) is 2.22. The van der Waals surface area contributed by atoms with E-state index in [9.17, 15) is 9.90 Å². The number of benzene rings is 1. The van der Waals surface area contributed by atoms with Gasteiger partial charge in [0.05, 0.1) is 11.7 Å². The molecule has 1 aliphatic carbocycles. The van der Waals surface area contributed by atoms with Crippen LogP contribution >= 0.6 is 0 Å². The van der Waals surface area contributed by atoms with Crippen molar-refractivity contribution in [1.82, 2.24) is 25.4 Å². The molecule has 2 amide bonds. The molecule has 0 saturated heterocycles. The molecule has 1 fully saturated rings. The van der Waals surface area contributed by atoms with Crippen LogP contribution in [0.4, 0.5) is 4.79 Å². The van der Waals surface area contributed by atoms with Crippen LogP contribution in [-0.2, 0) is 0 Å². The molecule has 3 rings (SSSR count). The van der Waals surface area contributed by atoms with Crippen LogP contribution < -0.4 is 10.6 Å². The molecule has 1 atom stereocenters. The van der Waals surface area contributed by atoms with Crippen molar-refractivity contribution in [2.75, 3.05) is 6.61 Å². The van der Waals surface area contributed by atoms with E-state index in [1.165, 1.54) is 6.33 Å². The number of aliphatic hydroxyl groups is 1. The Morgan fingerprint density at radius 3 is 2.60 bits per heavy atom. The van der Waals surface area contributed by atoms with Gasteiger partial charge in [-0.15, -0.1) is 0 Å². The third-order valence-corrected chi connectivity index (χ3v) is 4.86. The van der Waals surface area contributed by atoms with Gasteiger partial charge in [-0.1, -0.05) is 12.1 Å². The molecule has 1 saturated carbocycles. The number of rotatable bonds is 5. The number of amides is 2. The molecule has 1 aromatic heterocycles. The number of nitrogens with one attached hydrogen (secondary N) is 2. The van der Waals surface area contributed by atoms with E-state index in [2.05, 4.69) is 20.7 Å². The Bertz CT molecular complexity index is 663. The maximum Gasteiger partial charge on any atom is 0.315 e. The number of aliphatic hydroxyl groups excluding tert-OH is 1. The molecule has 1 unspecified atom stereocenters. The molecule has 1 heterocycles. The number of aromatic nitrogens is 3. The van der Waals surface area contributed by atoms with Gasteiger partial charge in [-0.05, 0) is 56.2 Å². The van der Waals surface area contributed by atoms with Gasteiger partial charge < -0.3 is 15.7 Å². The Morgan fingerprint density at radius 1 is 1.28 bits per heavy atom. The Hall–Kier alpha value is -2.41. The van der Waals surface area contributed by atoms with Crippen molar-refractivity contribution < 1.29 is 9.90 Å². The van der Waals surface area contributed by atoms with Crippen LogP contribution in [0.5, 0.6) is 0 Å². The number of urea groups is 1. The van der Waals surface area contributed by atoms with E-state index in [1.807, 2.05) is 31.2 Å². The molecule has 134 valence electrons. The minimum atomic E-state index is -0.139. The molecule has 2 aromatic rings. The Kier molecular flexibility index (Phi) is 5.65. The average Bonchev–Trinajstić information content (AvgIpc) is 3.17. The molecule has 0 spiro atoms. The minimum absolute atomic E-state index is 0.0847. The van der Waals surface area contributed by atoms with Gasteiger partial charge in [0.25, 0.3) is 0 Å². The summed E-state index contributed by atoms with van der Waals surface area (Å²) < 4.78 is 1.69. The molecular formula is C18H25N5O2. The van der Waals surface area contributed by atoms with Crippen LogP contribution in [0.25, 0.3) is 5.69 Å². The molecular weight excluding hydrogens is 318 g/mol. The second kappa shape index (κ2) is 8.11. The lowest BCUT2D eigenvalue weighted by molar-refractivity contribution is 0.174. The van der Waals surface area contributed by atoms with Gasteiger partial charge in [0, 0.05) is 12.6 Å². The standard InChI is InChI=1S/C18H25N5O2/c1-13(15-4-8-17(9-5-15)23-12-19-11-20-23)21-18(25)22-16-6-2-14(10-24)3-7-16/h4-5,8-9,11-14,16,24H,2-3,6-7,10H2,1H3,(H2,21,22,25). The zero-order valence-corrected chi connectivity index (χ0v) is 14.4. The first-order valence-corrected chi connectivity index (χ1v) is 8.78. The minimum Gasteiger partial charge on any atom is -0.396 e. The van der Waals surface area contributed by atoms with Crippen LogP contribution in [0.1, 0.15) is 44.2 Å². The predicted molar refractivity (Wildman–Crippen MR) is 94.3 cm³/mol. The molecule has 0 aliphatic heterocycles. The second-order valence-electron chi connectivity index (χ2n) is 6.67. The third kappa shape index (κ3) is 4.57. The average molecular weight is 343 g/mol. The van der Waals surface area contributed by atoms with Crippen LogP contribution in [0.3, 0.4) is 0 Å². The van der Waals surface area contributed by atoms with Crippen molar-refractivity contribution >= 4 is 6.03 Å². The Balaban J connectivity index is 1.50. The zero-order valence-electron chi connectivity index (χ0n) is 14.4. The number of nitrogens with zero attached hydrogens (tertiary/aromatic N) is 3. The highest BCUT2D eigenvalue weighted by atomic mass is 16.3. The van der Waals surface area contributed by atoms with Crippen LogP contribution in [0, 0.1) is 5.92 Å². The summed E-state index contributed by atoms with van der Waals surface area (Å²) in [5, 5.41) is 19.3. The van der Waals surface area contributed by atoms with Crippen molar-refractivity contribution in [3.05, 3.63) is 42.5 Å². The Morgan fingerprint density at radius 2 is 2.00 bits per heavy atom. The molecule has 7 nitrogen and oxygen atoms in total. The summed E-state index contributed by atoms with van der Waals surface area (Å²) in [5.74, 6) is 0.392. The molecule has 7 heteroatoms. The van der Waals surface area contributed by atoms with Crippen molar-refractivity contribution in [3.63, 3.8) is 0 Å². The largest absolute Gasteiger partial charge is 0.396 e. The van der Waals surface area contributed by atoms with E-state index in [4.69, 9.17) is 0 Å². The van der Waals surface area contributed by atoms with Crippen LogP contribution in [0.2, 0.25) is 0 Å². The maximum atomic E-state index is 12.2. The lowest BCUT2D eigenvalue weighted by Gasteiger charge is -2.28. The maximum absolute atomic E-state index is 12.2. The first-order valence-electron chi connectivity index (χ1n) is 8.78. The summed E-state index contributed by atoms with van der Waals surface area (Å²) in [6.07, 6.45) is 6.95. The fourth-order valence-electron chi connectivity index (χ4n) is 3.25. The fraction of sp³-hybridized carbons (Fsp3) is 0.500. The highest BCUT2D eigenvalue weighted by molar-refractivity contribution is 5.74. The molecule has 0 bridgehead atoms. The van der Waals surface area contributed by atoms with Gasteiger partial charge in [-0.3, -0.25) is 0 Å². The lowest BCUT2D eigenvalue weighted by atomic mass is 9.87. The first kappa shape index (κ1) is 17.4. The molecule has 0 radical (unpaired) electrons. The molecule has 1 aliphatic rings.